The van der Waals surface area contributed by atoms with Crippen molar-refractivity contribution in [2.45, 2.75) is 6.92 Å². The molecule has 0 unspecified atom stereocenters. The Hall–Kier alpha value is -2.76. The first-order chi connectivity index (χ1) is 9.59. The highest BCUT2D eigenvalue weighted by Crippen LogP contribution is 2.06. The number of pyridine rings is 2. The van der Waals surface area contributed by atoms with Gasteiger partial charge in [-0.15, -0.1) is 0 Å². The van der Waals surface area contributed by atoms with Gasteiger partial charge in [0, 0.05) is 19.4 Å². The third-order valence-corrected chi connectivity index (χ3v) is 3.20. The zero-order chi connectivity index (χ0) is 14.3. The minimum absolute atomic E-state index is 0.319. The zero-order valence-electron chi connectivity index (χ0n) is 11.1. The molecule has 0 radical (unpaired) electrons. The van der Waals surface area contributed by atoms with Gasteiger partial charge in [-0.1, -0.05) is 6.07 Å². The van der Waals surface area contributed by atoms with Crippen LogP contribution in [0.5, 0.6) is 0 Å². The first-order valence-electron chi connectivity index (χ1n) is 6.08. The third-order valence-electron chi connectivity index (χ3n) is 3.20. The van der Waals surface area contributed by atoms with Crippen LogP contribution in [0.15, 0.2) is 46.4 Å². The summed E-state index contributed by atoms with van der Waals surface area (Å²) < 4.78 is 2.47. The van der Waals surface area contributed by atoms with E-state index in [2.05, 4.69) is 9.97 Å². The Morgan fingerprint density at radius 2 is 1.90 bits per heavy atom. The lowest BCUT2D eigenvalue weighted by molar-refractivity contribution is 0.759. The number of aromatic nitrogens is 4. The second kappa shape index (κ2) is 4.41. The van der Waals surface area contributed by atoms with Crippen LogP contribution in [-0.4, -0.2) is 19.1 Å². The molecule has 0 bridgehead atoms. The number of fused-ring (bicyclic) bond motifs is 1. The van der Waals surface area contributed by atoms with E-state index in [4.69, 9.17) is 0 Å². The smallest absolute Gasteiger partial charge is 0.294 e. The first kappa shape index (κ1) is 12.3. The van der Waals surface area contributed by atoms with Crippen LogP contribution < -0.4 is 11.2 Å². The number of hydrogen-bond donors (Lipinski definition) is 0. The van der Waals surface area contributed by atoms with Crippen molar-refractivity contribution in [3.63, 3.8) is 0 Å². The Balaban J connectivity index is 2.45. The molecule has 0 saturated carbocycles. The normalized spacial score (nSPS) is 10.9. The standard InChI is InChI=1S/C14H12N4O2/c1-9-3-4-12(16-7-9)18-13(19)10-5-6-15-8-11(10)17(2)14(18)20/h3-8H,1-2H3. The number of nitrogens with zero attached hydrogens (tertiary/aromatic N) is 4. The monoisotopic (exact) mass is 268 g/mol. The van der Waals surface area contributed by atoms with Crippen molar-refractivity contribution in [2.24, 2.45) is 7.05 Å². The number of hydrogen-bond acceptors (Lipinski definition) is 4. The number of aryl methyl sites for hydroxylation is 2. The molecule has 0 aromatic carbocycles. The van der Waals surface area contributed by atoms with Crippen LogP contribution in [0.2, 0.25) is 0 Å². The van der Waals surface area contributed by atoms with Gasteiger partial charge >= 0.3 is 5.69 Å². The second-order valence-corrected chi connectivity index (χ2v) is 4.57. The van der Waals surface area contributed by atoms with Crippen LogP contribution in [-0.2, 0) is 7.05 Å². The Kier molecular flexibility index (Phi) is 2.71. The lowest BCUT2D eigenvalue weighted by Crippen LogP contribution is -2.38. The summed E-state index contributed by atoms with van der Waals surface area (Å²) in [5.74, 6) is 0.319. The molecule has 0 N–H and O–H groups in total. The molecule has 6 heteroatoms. The van der Waals surface area contributed by atoms with E-state index in [0.717, 1.165) is 10.1 Å². The molecule has 3 aromatic heterocycles. The van der Waals surface area contributed by atoms with Gasteiger partial charge in [0.25, 0.3) is 5.56 Å². The highest BCUT2D eigenvalue weighted by Gasteiger charge is 2.12. The average Bonchev–Trinajstić information content (AvgIpc) is 2.47. The Morgan fingerprint density at radius 3 is 2.60 bits per heavy atom. The van der Waals surface area contributed by atoms with Crippen LogP contribution in [0, 0.1) is 6.92 Å². The summed E-state index contributed by atoms with van der Waals surface area (Å²) in [5.41, 5.74) is 0.642. The lowest BCUT2D eigenvalue weighted by atomic mass is 10.3. The van der Waals surface area contributed by atoms with Gasteiger partial charge in [0.1, 0.15) is 5.82 Å². The van der Waals surface area contributed by atoms with Gasteiger partial charge in [-0.3, -0.25) is 14.3 Å². The predicted molar refractivity (Wildman–Crippen MR) is 75.1 cm³/mol. The molecule has 3 aromatic rings. The summed E-state index contributed by atoms with van der Waals surface area (Å²) in [7, 11) is 1.61. The maximum Gasteiger partial charge on any atom is 0.337 e. The molecular formula is C14H12N4O2. The van der Waals surface area contributed by atoms with E-state index in [1.54, 1.807) is 25.4 Å². The minimum Gasteiger partial charge on any atom is -0.294 e. The van der Waals surface area contributed by atoms with Crippen molar-refractivity contribution in [3.8, 4) is 5.82 Å². The lowest BCUT2D eigenvalue weighted by Gasteiger charge is -2.09. The maximum absolute atomic E-state index is 12.5. The summed E-state index contributed by atoms with van der Waals surface area (Å²) in [6.07, 6.45) is 4.66. The van der Waals surface area contributed by atoms with E-state index in [1.165, 1.54) is 17.0 Å². The fourth-order valence-corrected chi connectivity index (χ4v) is 2.09. The molecule has 20 heavy (non-hydrogen) atoms. The van der Waals surface area contributed by atoms with Gasteiger partial charge < -0.3 is 0 Å². The van der Waals surface area contributed by atoms with Crippen LogP contribution in [0.25, 0.3) is 16.7 Å². The van der Waals surface area contributed by atoms with Crippen molar-refractivity contribution in [1.29, 1.82) is 0 Å². The largest absolute Gasteiger partial charge is 0.337 e. The molecule has 0 saturated heterocycles. The van der Waals surface area contributed by atoms with Crippen LogP contribution in [0.3, 0.4) is 0 Å². The third kappa shape index (κ3) is 1.73. The molecule has 0 amide bonds. The van der Waals surface area contributed by atoms with Crippen molar-refractivity contribution in [3.05, 3.63) is 63.2 Å². The van der Waals surface area contributed by atoms with E-state index >= 15 is 0 Å². The molecule has 3 rings (SSSR count). The van der Waals surface area contributed by atoms with E-state index in [1.807, 2.05) is 13.0 Å². The fourth-order valence-electron chi connectivity index (χ4n) is 2.09. The quantitative estimate of drug-likeness (QED) is 0.654. The van der Waals surface area contributed by atoms with Crippen molar-refractivity contribution in [2.75, 3.05) is 0 Å². The summed E-state index contributed by atoms with van der Waals surface area (Å²) in [6, 6.07) is 5.07. The van der Waals surface area contributed by atoms with Gasteiger partial charge in [0.2, 0.25) is 0 Å². The second-order valence-electron chi connectivity index (χ2n) is 4.57. The van der Waals surface area contributed by atoms with E-state index in [-0.39, 0.29) is 5.56 Å². The summed E-state index contributed by atoms with van der Waals surface area (Å²) in [5, 5.41) is 0.435. The van der Waals surface area contributed by atoms with E-state index < -0.39 is 5.69 Å². The topological polar surface area (TPSA) is 69.8 Å². The maximum atomic E-state index is 12.5. The zero-order valence-corrected chi connectivity index (χ0v) is 11.1. The molecule has 3 heterocycles. The highest BCUT2D eigenvalue weighted by molar-refractivity contribution is 5.76. The molecular weight excluding hydrogens is 256 g/mol. The van der Waals surface area contributed by atoms with Gasteiger partial charge in [0.15, 0.2) is 0 Å². The highest BCUT2D eigenvalue weighted by atomic mass is 16.2. The Bertz CT molecular complexity index is 907. The predicted octanol–water partition coefficient (Wildman–Crippen LogP) is 0.788. The number of rotatable bonds is 1. The Labute approximate surface area is 114 Å². The van der Waals surface area contributed by atoms with Crippen molar-refractivity contribution in [1.82, 2.24) is 19.1 Å². The molecule has 0 atom stereocenters. The molecule has 0 aliphatic heterocycles. The van der Waals surface area contributed by atoms with Crippen LogP contribution in [0.4, 0.5) is 0 Å². The fraction of sp³-hybridized carbons (Fsp3) is 0.143. The molecule has 100 valence electrons. The van der Waals surface area contributed by atoms with Crippen molar-refractivity contribution >= 4 is 10.9 Å². The van der Waals surface area contributed by atoms with Gasteiger partial charge in [-0.2, -0.15) is 0 Å². The van der Waals surface area contributed by atoms with Crippen LogP contribution in [0.1, 0.15) is 5.56 Å². The van der Waals surface area contributed by atoms with Crippen molar-refractivity contribution < 1.29 is 0 Å². The minimum atomic E-state index is -0.438. The molecule has 0 aliphatic carbocycles. The molecule has 0 spiro atoms. The molecule has 0 aliphatic rings. The summed E-state index contributed by atoms with van der Waals surface area (Å²) in [6.45, 7) is 1.89. The molecule has 6 nitrogen and oxygen atoms in total. The van der Waals surface area contributed by atoms with Gasteiger partial charge in [-0.25, -0.2) is 14.3 Å². The van der Waals surface area contributed by atoms with E-state index in [9.17, 15) is 9.59 Å². The average molecular weight is 268 g/mol. The van der Waals surface area contributed by atoms with Gasteiger partial charge in [-0.05, 0) is 24.6 Å². The van der Waals surface area contributed by atoms with E-state index in [0.29, 0.717) is 16.7 Å². The van der Waals surface area contributed by atoms with Crippen LogP contribution >= 0.6 is 0 Å². The summed E-state index contributed by atoms with van der Waals surface area (Å²) in [4.78, 5) is 32.9. The molecule has 0 fully saturated rings. The van der Waals surface area contributed by atoms with Gasteiger partial charge in [0.05, 0.1) is 17.1 Å². The summed E-state index contributed by atoms with van der Waals surface area (Å²) >= 11 is 0. The first-order valence-corrected chi connectivity index (χ1v) is 6.08. The SMILES string of the molecule is Cc1ccc(-n2c(=O)c3ccncc3n(C)c2=O)nc1. The Morgan fingerprint density at radius 1 is 1.10 bits per heavy atom.